The Balaban J connectivity index is 1.31. The van der Waals surface area contributed by atoms with E-state index in [1.165, 1.54) is 37.0 Å². The molecule has 0 N–H and O–H groups in total. The van der Waals surface area contributed by atoms with Crippen LogP contribution in [0.4, 0.5) is 5.82 Å². The summed E-state index contributed by atoms with van der Waals surface area (Å²) in [6, 6.07) is 12.0. The van der Waals surface area contributed by atoms with Crippen molar-refractivity contribution in [2.45, 2.75) is 43.7 Å². The second-order valence-corrected chi connectivity index (χ2v) is 10.6. The van der Waals surface area contributed by atoms with Crippen LogP contribution < -0.4 is 5.63 Å². The van der Waals surface area contributed by atoms with Crippen LogP contribution in [0.3, 0.4) is 0 Å². The van der Waals surface area contributed by atoms with Crippen molar-refractivity contribution in [2.75, 3.05) is 13.6 Å². The van der Waals surface area contributed by atoms with E-state index in [2.05, 4.69) is 22.7 Å². The molecule has 0 saturated heterocycles. The Morgan fingerprint density at radius 2 is 1.97 bits per heavy atom. The first kappa shape index (κ1) is 18.7. The molecule has 6 nitrogen and oxygen atoms in total. The van der Waals surface area contributed by atoms with E-state index in [4.69, 9.17) is 14.4 Å². The number of likely N-dealkylation sites (N-methyl/N-ethyl adjacent to an activating group) is 1. The number of para-hydroxylation sites is 1. The minimum absolute atomic E-state index is 0.182. The van der Waals surface area contributed by atoms with Crippen molar-refractivity contribution in [1.29, 1.82) is 0 Å². The van der Waals surface area contributed by atoms with Crippen LogP contribution in [0.25, 0.3) is 31.9 Å². The number of thiazole rings is 1. The van der Waals surface area contributed by atoms with Gasteiger partial charge in [0.1, 0.15) is 11.6 Å². The van der Waals surface area contributed by atoms with Gasteiger partial charge in [0, 0.05) is 6.07 Å². The smallest absolute Gasteiger partial charge is 0.349 e. The molecular weight excluding hydrogens is 420 g/mol. The van der Waals surface area contributed by atoms with Gasteiger partial charge in [-0.2, -0.15) is 0 Å². The van der Waals surface area contributed by atoms with Gasteiger partial charge in [-0.25, -0.2) is 14.4 Å². The quantitative estimate of drug-likeness (QED) is 0.427. The number of aromatic nitrogens is 2. The Labute approximate surface area is 188 Å². The highest BCUT2D eigenvalue weighted by atomic mass is 32.1. The summed E-state index contributed by atoms with van der Waals surface area (Å²) >= 11 is 1.52. The van der Waals surface area contributed by atoms with Crippen LogP contribution in [-0.4, -0.2) is 50.3 Å². The fourth-order valence-electron chi connectivity index (χ4n) is 5.20. The molecule has 1 aliphatic heterocycles. The summed E-state index contributed by atoms with van der Waals surface area (Å²) in [6.45, 7) is 2.98. The lowest BCUT2D eigenvalue weighted by Gasteiger charge is -2.37. The molecule has 160 valence electrons. The van der Waals surface area contributed by atoms with E-state index in [9.17, 15) is 4.79 Å². The van der Waals surface area contributed by atoms with Gasteiger partial charge in [-0.1, -0.05) is 12.1 Å². The van der Waals surface area contributed by atoms with Gasteiger partial charge in [-0.05, 0) is 68.4 Å². The fraction of sp³-hybridized carbons (Fsp3) is 0.360. The number of benzene rings is 1. The molecule has 2 fully saturated rings. The van der Waals surface area contributed by atoms with Crippen LogP contribution in [-0.2, 0) is 0 Å². The van der Waals surface area contributed by atoms with E-state index < -0.39 is 5.63 Å². The minimum Gasteiger partial charge on any atom is -0.382 e. The van der Waals surface area contributed by atoms with Gasteiger partial charge in [-0.15, -0.1) is 11.3 Å². The highest BCUT2D eigenvalue weighted by Gasteiger charge is 2.62. The first-order valence-corrected chi connectivity index (χ1v) is 12.0. The van der Waals surface area contributed by atoms with Crippen LogP contribution in [0.1, 0.15) is 31.2 Å². The summed E-state index contributed by atoms with van der Waals surface area (Å²) in [7, 11) is 2.27. The van der Waals surface area contributed by atoms with Crippen molar-refractivity contribution in [3.8, 4) is 10.6 Å². The predicted molar refractivity (Wildman–Crippen MR) is 126 cm³/mol. The number of pyridine rings is 1. The average molecular weight is 444 g/mol. The summed E-state index contributed by atoms with van der Waals surface area (Å²) in [6.07, 6.45) is 7.22. The van der Waals surface area contributed by atoms with Crippen molar-refractivity contribution in [3.05, 3.63) is 52.4 Å². The van der Waals surface area contributed by atoms with Crippen molar-refractivity contribution in [3.63, 3.8) is 0 Å². The van der Waals surface area contributed by atoms with Gasteiger partial charge < -0.3 is 4.42 Å². The Bertz CT molecular complexity index is 1520. The monoisotopic (exact) mass is 443 g/mol. The lowest BCUT2D eigenvalue weighted by Crippen LogP contribution is -2.54. The maximum atomic E-state index is 12.9. The second kappa shape index (κ2) is 6.11. The number of rotatable bonds is 2. The Morgan fingerprint density at radius 3 is 2.72 bits per heavy atom. The second-order valence-electron chi connectivity index (χ2n) is 9.60. The van der Waals surface area contributed by atoms with Crippen molar-refractivity contribution >= 4 is 44.7 Å². The van der Waals surface area contributed by atoms with E-state index in [1.807, 2.05) is 43.3 Å². The molecule has 0 bridgehead atoms. The summed E-state index contributed by atoms with van der Waals surface area (Å²) in [5.41, 5.74) is 2.99. The zero-order chi connectivity index (χ0) is 21.7. The zero-order valence-corrected chi connectivity index (χ0v) is 18.9. The van der Waals surface area contributed by atoms with Gasteiger partial charge in [0.25, 0.3) is 0 Å². The van der Waals surface area contributed by atoms with Crippen molar-refractivity contribution in [1.82, 2.24) is 14.9 Å². The van der Waals surface area contributed by atoms with Crippen LogP contribution in [0.15, 0.2) is 45.6 Å². The summed E-state index contributed by atoms with van der Waals surface area (Å²) in [5.74, 6) is 0.856. The number of hydrogen-bond donors (Lipinski definition) is 0. The molecule has 3 aliphatic rings. The molecule has 2 aliphatic carbocycles. The molecule has 0 radical (unpaired) electrons. The lowest BCUT2D eigenvalue weighted by molar-refractivity contribution is -0.462. The SMILES string of the molecule is Cc1cccc2sc(-c3cc4ccc([N+]5=CC6(CC6)N(C)C6(CC6)C5)nc4oc3=O)nc12. The molecule has 1 aromatic carbocycles. The largest absolute Gasteiger partial charge is 0.382 e. The Morgan fingerprint density at radius 1 is 1.12 bits per heavy atom. The lowest BCUT2D eigenvalue weighted by atomic mass is 10.1. The molecule has 0 amide bonds. The molecule has 0 atom stereocenters. The number of fused-ring (bicyclic) bond motifs is 2. The molecule has 3 aromatic heterocycles. The first-order valence-electron chi connectivity index (χ1n) is 11.1. The van der Waals surface area contributed by atoms with Crippen LogP contribution >= 0.6 is 11.3 Å². The third-order valence-corrected chi connectivity index (χ3v) is 8.61. The maximum absolute atomic E-state index is 12.9. The molecule has 7 heteroatoms. The fourth-order valence-corrected chi connectivity index (χ4v) is 6.24. The van der Waals surface area contributed by atoms with E-state index in [0.29, 0.717) is 16.3 Å². The summed E-state index contributed by atoms with van der Waals surface area (Å²) in [5, 5.41) is 1.50. The average Bonchev–Trinajstić information content (AvgIpc) is 3.69. The highest BCUT2D eigenvalue weighted by Crippen LogP contribution is 2.54. The van der Waals surface area contributed by atoms with E-state index >= 15 is 0 Å². The highest BCUT2D eigenvalue weighted by molar-refractivity contribution is 7.21. The minimum atomic E-state index is -0.390. The van der Waals surface area contributed by atoms with Crippen molar-refractivity contribution < 1.29 is 8.99 Å². The van der Waals surface area contributed by atoms with Gasteiger partial charge in [0.2, 0.25) is 0 Å². The van der Waals surface area contributed by atoms with Gasteiger partial charge >= 0.3 is 17.2 Å². The topological polar surface area (TPSA) is 62.2 Å². The van der Waals surface area contributed by atoms with E-state index in [0.717, 1.165) is 33.5 Å². The molecule has 0 unspecified atom stereocenters. The predicted octanol–water partition coefficient (Wildman–Crippen LogP) is 4.50. The standard InChI is InChI=1S/C25H23N4O2S/c1-15-4-3-5-18-20(15)27-22(32-18)17-12-16-6-7-19(26-21(16)31-23(17)30)29-13-24(8-9-24)28(2)25(14-29)10-11-25/h3-7,12-13H,8-11,14H2,1-2H3/q+1. The molecule has 2 saturated carbocycles. The molecule has 32 heavy (non-hydrogen) atoms. The number of nitrogens with zero attached hydrogens (tertiary/aromatic N) is 4. The van der Waals surface area contributed by atoms with Crippen LogP contribution in [0.5, 0.6) is 0 Å². The first-order chi connectivity index (χ1) is 15.5. The Kier molecular flexibility index (Phi) is 3.56. The van der Waals surface area contributed by atoms with E-state index in [1.54, 1.807) is 0 Å². The summed E-state index contributed by atoms with van der Waals surface area (Å²) < 4.78 is 9.06. The van der Waals surface area contributed by atoms with Gasteiger partial charge in [0.05, 0.1) is 38.5 Å². The van der Waals surface area contributed by atoms with Gasteiger partial charge in [0.15, 0.2) is 0 Å². The Hall–Kier alpha value is -2.90. The molecule has 4 heterocycles. The third-order valence-electron chi connectivity index (χ3n) is 7.56. The van der Waals surface area contributed by atoms with Crippen LogP contribution in [0.2, 0.25) is 0 Å². The molecule has 2 spiro atoms. The van der Waals surface area contributed by atoms with E-state index in [-0.39, 0.29) is 11.1 Å². The number of hydrogen-bond acceptors (Lipinski definition) is 6. The summed E-state index contributed by atoms with van der Waals surface area (Å²) in [4.78, 5) is 24.9. The van der Waals surface area contributed by atoms with Crippen LogP contribution in [0, 0.1) is 6.92 Å². The zero-order valence-electron chi connectivity index (χ0n) is 18.1. The van der Waals surface area contributed by atoms with Gasteiger partial charge in [-0.3, -0.25) is 4.90 Å². The normalized spacial score (nSPS) is 20.9. The maximum Gasteiger partial charge on any atom is 0.349 e. The third kappa shape index (κ3) is 2.61. The molecular formula is C25H23N4O2S+. The number of aryl methyl sites for hydroxylation is 1. The molecule has 4 aromatic rings. The molecule has 7 rings (SSSR count). The van der Waals surface area contributed by atoms with Crippen molar-refractivity contribution in [2.24, 2.45) is 0 Å².